The predicted molar refractivity (Wildman–Crippen MR) is 288 cm³/mol. The number of carbonyl (C=O) groups excluding carboxylic acids is 2. The number of nitrogens with zero attached hydrogens (tertiary/aromatic N) is 1. The van der Waals surface area contributed by atoms with Gasteiger partial charge in [-0.1, -0.05) is 259 Å². The van der Waals surface area contributed by atoms with Crippen molar-refractivity contribution in [3.63, 3.8) is 0 Å². The third kappa shape index (κ3) is 46.6. The molecule has 0 spiro atoms. The van der Waals surface area contributed by atoms with Crippen LogP contribution >= 0.6 is 0 Å². The summed E-state index contributed by atoms with van der Waals surface area (Å²) >= 11 is 0. The molecular formula is C60H119NO5. The lowest BCUT2D eigenvalue weighted by Crippen LogP contribution is -2.27. The van der Waals surface area contributed by atoms with Crippen LogP contribution in [0, 0.1) is 11.8 Å². The highest BCUT2D eigenvalue weighted by Crippen LogP contribution is 2.23. The first-order valence-electron chi connectivity index (χ1n) is 30.2. The van der Waals surface area contributed by atoms with Gasteiger partial charge in [0.05, 0.1) is 25.0 Å². The van der Waals surface area contributed by atoms with Gasteiger partial charge in [0.15, 0.2) is 0 Å². The minimum absolute atomic E-state index is 0.0840. The Morgan fingerprint density at radius 2 is 0.545 bits per heavy atom. The van der Waals surface area contributed by atoms with Crippen LogP contribution in [0.5, 0.6) is 0 Å². The highest BCUT2D eigenvalue weighted by molar-refractivity contribution is 5.72. The monoisotopic (exact) mass is 934 g/mol. The highest BCUT2D eigenvalue weighted by atomic mass is 16.5. The minimum Gasteiger partial charge on any atom is -0.465 e. The fourth-order valence-electron chi connectivity index (χ4n) is 9.80. The summed E-state index contributed by atoms with van der Waals surface area (Å²) in [5.74, 6) is 0.409. The van der Waals surface area contributed by atoms with Crippen LogP contribution in [-0.4, -0.2) is 61.4 Å². The lowest BCUT2D eigenvalue weighted by atomic mass is 9.94. The molecule has 6 heteroatoms. The van der Waals surface area contributed by atoms with Crippen LogP contribution in [0.15, 0.2) is 0 Å². The fraction of sp³-hybridized carbons (Fsp3) is 0.967. The first-order chi connectivity index (χ1) is 32.5. The van der Waals surface area contributed by atoms with E-state index in [9.17, 15) is 14.7 Å². The van der Waals surface area contributed by atoms with Crippen molar-refractivity contribution in [3.05, 3.63) is 0 Å². The van der Waals surface area contributed by atoms with Gasteiger partial charge in [0.25, 0.3) is 0 Å². The van der Waals surface area contributed by atoms with Crippen molar-refractivity contribution in [2.24, 2.45) is 11.8 Å². The molecule has 66 heavy (non-hydrogen) atoms. The molecule has 0 aliphatic carbocycles. The summed E-state index contributed by atoms with van der Waals surface area (Å²) in [7, 11) is 0. The largest absolute Gasteiger partial charge is 0.465 e. The molecule has 0 aliphatic heterocycles. The SMILES string of the molecule is CCCCCCCCC(CCCCCC)C(=O)OCCCCCCCCCCCCN(CCCCO)CCCCCCCCCCCCOC(=O)C(CCCCCC)CCCCCCCC. The zero-order valence-electron chi connectivity index (χ0n) is 45.5. The number of aliphatic hydroxyl groups excluding tert-OH is 1. The van der Waals surface area contributed by atoms with Crippen LogP contribution in [0.25, 0.3) is 0 Å². The number of unbranched alkanes of at least 4 members (excludes halogenated alkanes) is 35. The van der Waals surface area contributed by atoms with E-state index in [1.165, 1.54) is 257 Å². The van der Waals surface area contributed by atoms with Gasteiger partial charge < -0.3 is 19.5 Å². The molecule has 394 valence electrons. The van der Waals surface area contributed by atoms with Crippen molar-refractivity contribution in [2.45, 2.75) is 323 Å². The molecule has 0 heterocycles. The predicted octanol–water partition coefficient (Wildman–Crippen LogP) is 18.6. The first kappa shape index (κ1) is 64.9. The lowest BCUT2D eigenvalue weighted by Gasteiger charge is -2.22. The summed E-state index contributed by atoms with van der Waals surface area (Å²) in [6.45, 7) is 14.1. The smallest absolute Gasteiger partial charge is 0.308 e. The molecule has 0 fully saturated rings. The molecule has 2 atom stereocenters. The van der Waals surface area contributed by atoms with Gasteiger partial charge in [0.2, 0.25) is 0 Å². The van der Waals surface area contributed by atoms with E-state index in [1.54, 1.807) is 0 Å². The van der Waals surface area contributed by atoms with E-state index in [-0.39, 0.29) is 23.8 Å². The second-order valence-electron chi connectivity index (χ2n) is 20.9. The van der Waals surface area contributed by atoms with Crippen LogP contribution in [0.3, 0.4) is 0 Å². The first-order valence-corrected chi connectivity index (χ1v) is 30.2. The lowest BCUT2D eigenvalue weighted by molar-refractivity contribution is -0.150. The molecule has 0 aliphatic rings. The number of rotatable bonds is 56. The third-order valence-corrected chi connectivity index (χ3v) is 14.4. The van der Waals surface area contributed by atoms with Crippen molar-refractivity contribution >= 4 is 11.9 Å². The third-order valence-electron chi connectivity index (χ3n) is 14.4. The second-order valence-corrected chi connectivity index (χ2v) is 20.9. The Hall–Kier alpha value is -1.14. The number of aliphatic hydroxyl groups is 1. The molecule has 2 unspecified atom stereocenters. The molecule has 0 bridgehead atoms. The summed E-state index contributed by atoms with van der Waals surface area (Å²) in [6.07, 6.45) is 57.0. The summed E-state index contributed by atoms with van der Waals surface area (Å²) in [4.78, 5) is 28.5. The zero-order valence-corrected chi connectivity index (χ0v) is 45.5. The molecule has 0 aromatic heterocycles. The Morgan fingerprint density at radius 3 is 0.833 bits per heavy atom. The molecule has 0 saturated heterocycles. The zero-order chi connectivity index (χ0) is 48.1. The fourth-order valence-corrected chi connectivity index (χ4v) is 9.80. The Bertz CT molecular complexity index is 889. The van der Waals surface area contributed by atoms with Crippen LogP contribution in [0.4, 0.5) is 0 Å². The van der Waals surface area contributed by atoms with Crippen molar-refractivity contribution in [1.82, 2.24) is 4.90 Å². The van der Waals surface area contributed by atoms with Crippen LogP contribution in [0.1, 0.15) is 323 Å². The molecule has 0 amide bonds. The molecule has 0 saturated carbocycles. The number of ether oxygens (including phenoxy) is 2. The molecule has 0 radical (unpaired) electrons. The Morgan fingerprint density at radius 1 is 0.318 bits per heavy atom. The van der Waals surface area contributed by atoms with Gasteiger partial charge in [-0.3, -0.25) is 9.59 Å². The van der Waals surface area contributed by atoms with Crippen LogP contribution < -0.4 is 0 Å². The van der Waals surface area contributed by atoms with Gasteiger partial charge in [0, 0.05) is 6.61 Å². The van der Waals surface area contributed by atoms with Gasteiger partial charge in [-0.15, -0.1) is 0 Å². The van der Waals surface area contributed by atoms with Gasteiger partial charge in [-0.25, -0.2) is 0 Å². The van der Waals surface area contributed by atoms with E-state index in [2.05, 4.69) is 32.6 Å². The van der Waals surface area contributed by atoms with Gasteiger partial charge in [-0.05, 0) is 83.8 Å². The topological polar surface area (TPSA) is 76.1 Å². The Balaban J connectivity index is 3.96. The number of hydrogen-bond acceptors (Lipinski definition) is 6. The van der Waals surface area contributed by atoms with E-state index in [1.807, 2.05) is 0 Å². The average Bonchev–Trinajstić information content (AvgIpc) is 3.32. The molecule has 0 aromatic carbocycles. The summed E-state index contributed by atoms with van der Waals surface area (Å²) in [6, 6.07) is 0. The summed E-state index contributed by atoms with van der Waals surface area (Å²) < 4.78 is 11.6. The van der Waals surface area contributed by atoms with Crippen molar-refractivity contribution < 1.29 is 24.2 Å². The standard InChI is InChI=1S/C60H119NO5/c1-5-9-13-17-31-39-49-57(47-37-15-11-7-3)59(63)65-55-45-35-29-25-21-19-23-27-33-41-51-61(53-43-44-54-62)52-42-34-28-24-20-22-26-30-36-46-56-66-60(64)58(48-38-16-12-8-4)50-40-32-18-14-10-6-2/h57-58,62H,5-56H2,1-4H3. The number of hydrogen-bond donors (Lipinski definition) is 1. The molecular weight excluding hydrogens is 815 g/mol. The van der Waals surface area contributed by atoms with E-state index >= 15 is 0 Å². The normalized spacial score (nSPS) is 12.6. The maximum atomic E-state index is 12.9. The summed E-state index contributed by atoms with van der Waals surface area (Å²) in [5, 5.41) is 9.35. The van der Waals surface area contributed by atoms with E-state index in [0.717, 1.165) is 57.9 Å². The van der Waals surface area contributed by atoms with Crippen molar-refractivity contribution in [3.8, 4) is 0 Å². The second kappa shape index (κ2) is 54.8. The molecule has 0 aromatic rings. The van der Waals surface area contributed by atoms with E-state index in [4.69, 9.17) is 9.47 Å². The Labute approximate surface area is 413 Å². The molecule has 6 nitrogen and oxygen atoms in total. The summed E-state index contributed by atoms with van der Waals surface area (Å²) in [5.41, 5.74) is 0. The van der Waals surface area contributed by atoms with Crippen LogP contribution in [0.2, 0.25) is 0 Å². The maximum absolute atomic E-state index is 12.9. The number of carbonyl (C=O) groups is 2. The van der Waals surface area contributed by atoms with Crippen LogP contribution in [-0.2, 0) is 19.1 Å². The maximum Gasteiger partial charge on any atom is 0.308 e. The van der Waals surface area contributed by atoms with Gasteiger partial charge >= 0.3 is 11.9 Å². The van der Waals surface area contributed by atoms with Crippen molar-refractivity contribution in [2.75, 3.05) is 39.5 Å². The average molecular weight is 935 g/mol. The quantitative estimate of drug-likeness (QED) is 0.0484. The molecule has 1 N–H and O–H groups in total. The highest BCUT2D eigenvalue weighted by Gasteiger charge is 2.20. The van der Waals surface area contributed by atoms with Gasteiger partial charge in [0.1, 0.15) is 0 Å². The number of esters is 2. The Kier molecular flexibility index (Phi) is 53.8. The molecule has 0 rings (SSSR count). The van der Waals surface area contributed by atoms with Gasteiger partial charge in [-0.2, -0.15) is 0 Å². The van der Waals surface area contributed by atoms with Crippen molar-refractivity contribution in [1.29, 1.82) is 0 Å². The minimum atomic E-state index is 0.0840. The van der Waals surface area contributed by atoms with E-state index < -0.39 is 0 Å². The van der Waals surface area contributed by atoms with E-state index in [0.29, 0.717) is 19.8 Å².